The van der Waals surface area contributed by atoms with Crippen LogP contribution >= 0.6 is 0 Å². The first-order chi connectivity index (χ1) is 9.26. The van der Waals surface area contributed by atoms with Gasteiger partial charge in [0.1, 0.15) is 0 Å². The molecule has 0 aliphatic rings. The van der Waals surface area contributed by atoms with E-state index in [2.05, 4.69) is 54.2 Å². The molecule has 1 aromatic heterocycles. The van der Waals surface area contributed by atoms with E-state index in [1.807, 2.05) is 0 Å². The third kappa shape index (κ3) is 3.16. The van der Waals surface area contributed by atoms with Gasteiger partial charge in [-0.1, -0.05) is 19.1 Å². The molecular formula is C16H22N2O. The van der Waals surface area contributed by atoms with Crippen molar-refractivity contribution in [3.63, 3.8) is 0 Å². The van der Waals surface area contributed by atoms with Crippen molar-refractivity contribution in [2.24, 2.45) is 0 Å². The normalized spacial score (nSPS) is 10.8. The molecule has 1 amide bonds. The number of benzene rings is 1. The van der Waals surface area contributed by atoms with Gasteiger partial charge in [0.05, 0.1) is 0 Å². The van der Waals surface area contributed by atoms with Crippen LogP contribution in [0.1, 0.15) is 32.3 Å². The Bertz CT molecular complexity index is 557. The fraction of sp³-hybridized carbons (Fsp3) is 0.438. The zero-order valence-corrected chi connectivity index (χ0v) is 11.8. The van der Waals surface area contributed by atoms with Crippen LogP contribution in [0.15, 0.2) is 30.5 Å². The summed E-state index contributed by atoms with van der Waals surface area (Å²) in [5, 5.41) is 4.19. The molecule has 0 atom stereocenters. The second-order valence-corrected chi connectivity index (χ2v) is 4.80. The van der Waals surface area contributed by atoms with E-state index >= 15 is 0 Å². The Kier molecular flexibility index (Phi) is 4.61. The Morgan fingerprint density at radius 2 is 2.11 bits per heavy atom. The summed E-state index contributed by atoms with van der Waals surface area (Å²) in [7, 11) is 0. The molecule has 1 aromatic carbocycles. The molecular weight excluding hydrogens is 236 g/mol. The number of carbonyl (C=O) groups is 1. The number of carbonyl (C=O) groups excluding carboxylic acids is 1. The highest BCUT2D eigenvalue weighted by atomic mass is 16.1. The Labute approximate surface area is 114 Å². The highest BCUT2D eigenvalue weighted by Crippen LogP contribution is 2.21. The molecule has 0 unspecified atom stereocenters. The van der Waals surface area contributed by atoms with Gasteiger partial charge in [0.2, 0.25) is 5.91 Å². The Morgan fingerprint density at radius 3 is 2.84 bits per heavy atom. The molecule has 0 bridgehead atoms. The molecule has 0 saturated carbocycles. The van der Waals surface area contributed by atoms with Gasteiger partial charge in [0, 0.05) is 36.6 Å². The van der Waals surface area contributed by atoms with Crippen LogP contribution in [-0.2, 0) is 17.8 Å². The van der Waals surface area contributed by atoms with E-state index in [9.17, 15) is 4.79 Å². The number of amides is 1. The summed E-state index contributed by atoms with van der Waals surface area (Å²) in [4.78, 5) is 11.7. The molecule has 0 spiro atoms. The Morgan fingerprint density at radius 1 is 1.26 bits per heavy atom. The van der Waals surface area contributed by atoms with Gasteiger partial charge in [0.25, 0.3) is 0 Å². The first-order valence-corrected chi connectivity index (χ1v) is 7.09. The monoisotopic (exact) mass is 258 g/mol. The summed E-state index contributed by atoms with van der Waals surface area (Å²) < 4.78 is 2.23. The topological polar surface area (TPSA) is 34.0 Å². The molecule has 0 saturated heterocycles. The van der Waals surface area contributed by atoms with Crippen LogP contribution in [0.4, 0.5) is 0 Å². The van der Waals surface area contributed by atoms with Crippen molar-refractivity contribution in [3.8, 4) is 0 Å². The molecule has 1 N–H and O–H groups in total. The maximum Gasteiger partial charge on any atom is 0.220 e. The van der Waals surface area contributed by atoms with Crippen molar-refractivity contribution in [1.82, 2.24) is 9.88 Å². The second-order valence-electron chi connectivity index (χ2n) is 4.80. The van der Waals surface area contributed by atoms with Gasteiger partial charge in [-0.3, -0.25) is 4.79 Å². The van der Waals surface area contributed by atoms with Crippen molar-refractivity contribution in [1.29, 1.82) is 0 Å². The van der Waals surface area contributed by atoms with Crippen LogP contribution in [0, 0.1) is 0 Å². The fourth-order valence-electron chi connectivity index (χ4n) is 2.38. The van der Waals surface area contributed by atoms with Crippen molar-refractivity contribution in [3.05, 3.63) is 36.0 Å². The number of fused-ring (bicyclic) bond motifs is 1. The number of hydrogen-bond acceptors (Lipinski definition) is 1. The van der Waals surface area contributed by atoms with E-state index in [-0.39, 0.29) is 5.91 Å². The summed E-state index contributed by atoms with van der Waals surface area (Å²) in [6, 6.07) is 8.49. The molecule has 0 aliphatic heterocycles. The van der Waals surface area contributed by atoms with E-state index in [0.29, 0.717) is 6.42 Å². The number of nitrogens with one attached hydrogen (secondary N) is 1. The largest absolute Gasteiger partial charge is 0.356 e. The SMILES string of the molecule is CCCNC(=O)CCc1cccc2c1ccn2CC. The van der Waals surface area contributed by atoms with Crippen LogP contribution in [0.2, 0.25) is 0 Å². The quantitative estimate of drug-likeness (QED) is 0.848. The van der Waals surface area contributed by atoms with Gasteiger partial charge in [-0.2, -0.15) is 0 Å². The van der Waals surface area contributed by atoms with Crippen LogP contribution < -0.4 is 5.32 Å². The molecule has 0 fully saturated rings. The lowest BCUT2D eigenvalue weighted by Gasteiger charge is -2.06. The van der Waals surface area contributed by atoms with Gasteiger partial charge in [-0.05, 0) is 37.5 Å². The van der Waals surface area contributed by atoms with E-state index in [4.69, 9.17) is 0 Å². The summed E-state index contributed by atoms with van der Waals surface area (Å²) in [6.07, 6.45) is 4.48. The lowest BCUT2D eigenvalue weighted by molar-refractivity contribution is -0.121. The van der Waals surface area contributed by atoms with Crippen LogP contribution in [0.25, 0.3) is 10.9 Å². The van der Waals surface area contributed by atoms with Crippen LogP contribution in [0.5, 0.6) is 0 Å². The predicted octanol–water partition coefficient (Wildman–Crippen LogP) is 3.12. The molecule has 0 aliphatic carbocycles. The smallest absolute Gasteiger partial charge is 0.220 e. The number of hydrogen-bond donors (Lipinski definition) is 1. The third-order valence-electron chi connectivity index (χ3n) is 3.44. The Hall–Kier alpha value is -1.77. The highest BCUT2D eigenvalue weighted by Gasteiger charge is 2.07. The standard InChI is InChI=1S/C16H22N2O/c1-3-11-17-16(19)9-8-13-6-5-7-15-14(13)10-12-18(15)4-2/h5-7,10,12H,3-4,8-9,11H2,1-2H3,(H,17,19). The summed E-state index contributed by atoms with van der Waals surface area (Å²) in [6.45, 7) is 5.96. The number of aromatic nitrogens is 1. The van der Waals surface area contributed by atoms with Crippen LogP contribution in [0.3, 0.4) is 0 Å². The average Bonchev–Trinajstić information content (AvgIpc) is 2.86. The fourth-order valence-corrected chi connectivity index (χ4v) is 2.38. The molecule has 3 nitrogen and oxygen atoms in total. The summed E-state index contributed by atoms with van der Waals surface area (Å²) in [5.41, 5.74) is 2.52. The third-order valence-corrected chi connectivity index (χ3v) is 3.44. The minimum Gasteiger partial charge on any atom is -0.356 e. The lowest BCUT2D eigenvalue weighted by atomic mass is 10.1. The zero-order valence-electron chi connectivity index (χ0n) is 11.8. The van der Waals surface area contributed by atoms with Gasteiger partial charge in [-0.15, -0.1) is 0 Å². The van der Waals surface area contributed by atoms with E-state index in [0.717, 1.165) is 25.9 Å². The van der Waals surface area contributed by atoms with Gasteiger partial charge >= 0.3 is 0 Å². The molecule has 102 valence electrons. The number of aryl methyl sites for hydroxylation is 2. The number of nitrogens with zero attached hydrogens (tertiary/aromatic N) is 1. The van der Waals surface area contributed by atoms with Crippen LogP contribution in [-0.4, -0.2) is 17.0 Å². The van der Waals surface area contributed by atoms with Gasteiger partial charge in [-0.25, -0.2) is 0 Å². The first-order valence-electron chi connectivity index (χ1n) is 7.09. The second kappa shape index (κ2) is 6.41. The molecule has 1 heterocycles. The van der Waals surface area contributed by atoms with Crippen molar-refractivity contribution < 1.29 is 4.79 Å². The van der Waals surface area contributed by atoms with Crippen molar-refractivity contribution >= 4 is 16.8 Å². The average molecular weight is 258 g/mol. The van der Waals surface area contributed by atoms with Crippen molar-refractivity contribution in [2.45, 2.75) is 39.7 Å². The maximum absolute atomic E-state index is 11.7. The van der Waals surface area contributed by atoms with E-state index < -0.39 is 0 Å². The van der Waals surface area contributed by atoms with Gasteiger partial charge in [0.15, 0.2) is 0 Å². The van der Waals surface area contributed by atoms with Gasteiger partial charge < -0.3 is 9.88 Å². The minimum atomic E-state index is 0.147. The minimum absolute atomic E-state index is 0.147. The number of rotatable bonds is 6. The summed E-state index contributed by atoms with van der Waals surface area (Å²) in [5.74, 6) is 0.147. The maximum atomic E-state index is 11.7. The molecule has 2 aromatic rings. The first kappa shape index (κ1) is 13.7. The molecule has 3 heteroatoms. The predicted molar refractivity (Wildman–Crippen MR) is 79.2 cm³/mol. The summed E-state index contributed by atoms with van der Waals surface area (Å²) >= 11 is 0. The zero-order chi connectivity index (χ0) is 13.7. The molecule has 19 heavy (non-hydrogen) atoms. The van der Waals surface area contributed by atoms with Crippen molar-refractivity contribution in [2.75, 3.05) is 6.54 Å². The lowest BCUT2D eigenvalue weighted by Crippen LogP contribution is -2.24. The van der Waals surface area contributed by atoms with E-state index in [1.54, 1.807) is 0 Å². The highest BCUT2D eigenvalue weighted by molar-refractivity contribution is 5.84. The Balaban J connectivity index is 2.08. The molecule has 2 rings (SSSR count). The molecule has 0 radical (unpaired) electrons. The van der Waals surface area contributed by atoms with E-state index in [1.165, 1.54) is 16.5 Å².